The average molecular weight is 232 g/mol. The first-order valence-corrected chi connectivity index (χ1v) is 5.09. The molecule has 0 atom stereocenters. The number of nitrogen functional groups attached to an aromatic ring is 1. The molecule has 88 valence electrons. The van der Waals surface area contributed by atoms with Crippen LogP contribution in [-0.4, -0.2) is 11.8 Å². The van der Waals surface area contributed by atoms with Gasteiger partial charge in [0, 0.05) is 17.8 Å². The molecule has 1 heterocycles. The molecule has 0 aliphatic carbocycles. The molecule has 0 fully saturated rings. The van der Waals surface area contributed by atoms with E-state index in [4.69, 9.17) is 10.2 Å². The maximum Gasteiger partial charge on any atom is 0.200 e. The number of furan rings is 1. The molecule has 0 saturated carbocycles. The molecule has 17 heavy (non-hydrogen) atoms. The van der Waals surface area contributed by atoms with Gasteiger partial charge in [0.05, 0.1) is 5.69 Å². The van der Waals surface area contributed by atoms with Crippen LogP contribution < -0.4 is 10.8 Å². The number of anilines is 1. The van der Waals surface area contributed by atoms with Gasteiger partial charge in [0.2, 0.25) is 5.78 Å². The second kappa shape index (κ2) is 4.29. The van der Waals surface area contributed by atoms with E-state index in [0.717, 1.165) is 0 Å². The monoisotopic (exact) mass is 232 g/mol. The lowest BCUT2D eigenvalue weighted by molar-refractivity contribution is -0.305. The number of benzene rings is 1. The molecule has 0 unspecified atom stereocenters. The lowest BCUT2D eigenvalue weighted by Crippen LogP contribution is -2.22. The first-order valence-electron chi connectivity index (χ1n) is 5.09. The van der Waals surface area contributed by atoms with E-state index < -0.39 is 11.8 Å². The molecule has 0 radical (unpaired) electrons. The van der Waals surface area contributed by atoms with Crippen molar-refractivity contribution in [1.29, 1.82) is 0 Å². The van der Waals surface area contributed by atoms with Gasteiger partial charge < -0.3 is 20.1 Å². The molecule has 5 heteroatoms. The zero-order valence-electron chi connectivity index (χ0n) is 8.93. The molecule has 0 aliphatic heterocycles. The summed E-state index contributed by atoms with van der Waals surface area (Å²) in [6, 6.07) is 6.98. The first kappa shape index (κ1) is 11.2. The lowest BCUT2D eigenvalue weighted by atomic mass is 10.1. The van der Waals surface area contributed by atoms with Crippen molar-refractivity contribution in [3.63, 3.8) is 0 Å². The molecule has 0 bridgehead atoms. The number of rotatable bonds is 4. The van der Waals surface area contributed by atoms with E-state index in [2.05, 4.69) is 0 Å². The molecule has 0 amide bonds. The number of Topliss-reactive ketones (excluding diaryl/α,β-unsaturated/α-hetero) is 1. The van der Waals surface area contributed by atoms with Crippen LogP contribution in [-0.2, 0) is 4.79 Å². The highest BCUT2D eigenvalue weighted by Crippen LogP contribution is 2.28. The summed E-state index contributed by atoms with van der Waals surface area (Å²) in [6.45, 7) is 0. The van der Waals surface area contributed by atoms with Crippen molar-refractivity contribution in [2.24, 2.45) is 0 Å². The first-order chi connectivity index (χ1) is 8.09. The topological polar surface area (TPSA) is 96.4 Å². The predicted octanol–water partition coefficient (Wildman–Crippen LogP) is 0.728. The standard InChI is InChI=1S/C12H11NO4/c13-11-7-3-1-2-4-9(7)17-12(11)8(14)5-6-10(15)16/h1-4H,5-6,13H2,(H,15,16)/p-1. The minimum Gasteiger partial charge on any atom is -0.550 e. The fourth-order valence-electron chi connectivity index (χ4n) is 1.60. The Morgan fingerprint density at radius 3 is 2.59 bits per heavy atom. The summed E-state index contributed by atoms with van der Waals surface area (Å²) < 4.78 is 5.31. The summed E-state index contributed by atoms with van der Waals surface area (Å²) in [4.78, 5) is 21.9. The van der Waals surface area contributed by atoms with E-state index in [1.54, 1.807) is 24.3 Å². The van der Waals surface area contributed by atoms with Gasteiger partial charge in [0.1, 0.15) is 5.58 Å². The average Bonchev–Trinajstić information content (AvgIpc) is 2.64. The number of carboxylic acid groups (broad SMARTS) is 1. The van der Waals surface area contributed by atoms with E-state index in [1.165, 1.54) is 0 Å². The Morgan fingerprint density at radius 1 is 1.24 bits per heavy atom. The molecular weight excluding hydrogens is 222 g/mol. The Kier molecular flexibility index (Phi) is 2.82. The maximum absolute atomic E-state index is 11.7. The van der Waals surface area contributed by atoms with Gasteiger partial charge in [-0.2, -0.15) is 0 Å². The number of hydrogen-bond acceptors (Lipinski definition) is 5. The minimum atomic E-state index is -1.27. The number of ketones is 1. The van der Waals surface area contributed by atoms with Crippen LogP contribution in [0, 0.1) is 0 Å². The number of aliphatic carboxylic acids is 1. The molecule has 0 saturated heterocycles. The number of carbonyl (C=O) groups is 2. The van der Waals surface area contributed by atoms with Crippen LogP contribution >= 0.6 is 0 Å². The summed E-state index contributed by atoms with van der Waals surface area (Å²) in [5.41, 5.74) is 6.54. The fourth-order valence-corrected chi connectivity index (χ4v) is 1.60. The van der Waals surface area contributed by atoms with Crippen molar-refractivity contribution in [2.45, 2.75) is 12.8 Å². The van der Waals surface area contributed by atoms with E-state index in [9.17, 15) is 14.7 Å². The number of carbonyl (C=O) groups excluding carboxylic acids is 2. The number of carboxylic acids is 1. The van der Waals surface area contributed by atoms with Gasteiger partial charge in [-0.05, 0) is 18.6 Å². The second-order valence-corrected chi connectivity index (χ2v) is 3.64. The van der Waals surface area contributed by atoms with Crippen LogP contribution in [0.25, 0.3) is 11.0 Å². The van der Waals surface area contributed by atoms with E-state index in [1.807, 2.05) is 0 Å². The number of fused-ring (bicyclic) bond motifs is 1. The van der Waals surface area contributed by atoms with Gasteiger partial charge >= 0.3 is 0 Å². The van der Waals surface area contributed by atoms with Crippen LogP contribution in [0.1, 0.15) is 23.4 Å². The van der Waals surface area contributed by atoms with Gasteiger partial charge in [-0.15, -0.1) is 0 Å². The Labute approximate surface area is 96.8 Å². The smallest absolute Gasteiger partial charge is 0.200 e. The Bertz CT molecular complexity index is 585. The van der Waals surface area contributed by atoms with E-state index in [0.29, 0.717) is 11.0 Å². The summed E-state index contributed by atoms with van der Waals surface area (Å²) >= 11 is 0. The van der Waals surface area contributed by atoms with Crippen molar-refractivity contribution in [3.05, 3.63) is 30.0 Å². The zero-order chi connectivity index (χ0) is 12.4. The number of nitrogens with two attached hydrogens (primary N) is 1. The van der Waals surface area contributed by atoms with Gasteiger partial charge in [0.25, 0.3) is 0 Å². The molecule has 2 N–H and O–H groups in total. The van der Waals surface area contributed by atoms with Crippen molar-refractivity contribution in [3.8, 4) is 0 Å². The summed E-state index contributed by atoms with van der Waals surface area (Å²) in [5.74, 6) is -1.68. The fraction of sp³-hybridized carbons (Fsp3) is 0.167. The summed E-state index contributed by atoms with van der Waals surface area (Å²) in [6.07, 6.45) is -0.512. The third kappa shape index (κ3) is 2.13. The molecule has 0 aliphatic rings. The van der Waals surface area contributed by atoms with Crippen LogP contribution in [0.4, 0.5) is 5.69 Å². The van der Waals surface area contributed by atoms with Crippen molar-refractivity contribution in [2.75, 3.05) is 5.73 Å². The number of para-hydroxylation sites is 1. The van der Waals surface area contributed by atoms with Crippen molar-refractivity contribution in [1.82, 2.24) is 0 Å². The summed E-state index contributed by atoms with van der Waals surface area (Å²) in [7, 11) is 0. The SMILES string of the molecule is Nc1c(C(=O)CCC(=O)[O-])oc2ccccc12. The van der Waals surface area contributed by atoms with Crippen LogP contribution in [0.5, 0.6) is 0 Å². The van der Waals surface area contributed by atoms with E-state index in [-0.39, 0.29) is 24.3 Å². The second-order valence-electron chi connectivity index (χ2n) is 3.64. The third-order valence-electron chi connectivity index (χ3n) is 2.44. The minimum absolute atomic E-state index is 0.0208. The van der Waals surface area contributed by atoms with Crippen molar-refractivity contribution < 1.29 is 19.1 Å². The third-order valence-corrected chi connectivity index (χ3v) is 2.44. The zero-order valence-corrected chi connectivity index (χ0v) is 8.93. The van der Waals surface area contributed by atoms with Gasteiger partial charge in [-0.25, -0.2) is 0 Å². The normalized spacial score (nSPS) is 10.6. The molecule has 2 rings (SSSR count). The predicted molar refractivity (Wildman–Crippen MR) is 59.2 cm³/mol. The summed E-state index contributed by atoms with van der Waals surface area (Å²) in [5, 5.41) is 10.9. The van der Waals surface area contributed by atoms with Gasteiger partial charge in [-0.3, -0.25) is 4.79 Å². The molecule has 1 aromatic heterocycles. The van der Waals surface area contributed by atoms with Crippen LogP contribution in [0.3, 0.4) is 0 Å². The highest BCUT2D eigenvalue weighted by molar-refractivity contribution is 6.06. The lowest BCUT2D eigenvalue weighted by Gasteiger charge is -1.99. The number of hydrogen-bond donors (Lipinski definition) is 1. The molecule has 0 spiro atoms. The maximum atomic E-state index is 11.7. The van der Waals surface area contributed by atoms with Crippen molar-refractivity contribution >= 4 is 28.4 Å². The van der Waals surface area contributed by atoms with Crippen LogP contribution in [0.15, 0.2) is 28.7 Å². The van der Waals surface area contributed by atoms with E-state index >= 15 is 0 Å². The van der Waals surface area contributed by atoms with Crippen LogP contribution in [0.2, 0.25) is 0 Å². The molecule has 2 aromatic rings. The Hall–Kier alpha value is -2.30. The van der Waals surface area contributed by atoms with Gasteiger partial charge in [0.15, 0.2) is 5.76 Å². The Morgan fingerprint density at radius 2 is 1.94 bits per heavy atom. The highest BCUT2D eigenvalue weighted by atomic mass is 16.4. The molecule has 1 aromatic carbocycles. The van der Waals surface area contributed by atoms with Gasteiger partial charge in [-0.1, -0.05) is 12.1 Å². The highest BCUT2D eigenvalue weighted by Gasteiger charge is 2.17. The molecular formula is C12H10NO4-. The molecule has 5 nitrogen and oxygen atoms in total. The largest absolute Gasteiger partial charge is 0.550 e. The Balaban J connectivity index is 2.32. The quantitative estimate of drug-likeness (QED) is 0.783.